The van der Waals surface area contributed by atoms with E-state index in [9.17, 15) is 9.59 Å². The molecule has 0 heterocycles. The molecule has 0 aromatic rings. The van der Waals surface area contributed by atoms with Crippen molar-refractivity contribution in [1.29, 1.82) is 0 Å². The Labute approximate surface area is 117 Å². The standard InChI is InChI=1S/C10H16Cl2O4Se/c1-3-15-9(13)7(11)5-17-6-8(12)10(14)16-4-2/h7-8H,3-6H2,1-2H3. The number of hydrogen-bond donors (Lipinski definition) is 0. The molecule has 0 N–H and O–H groups in total. The Morgan fingerprint density at radius 1 is 1.00 bits per heavy atom. The molecule has 0 radical (unpaired) electrons. The van der Waals surface area contributed by atoms with E-state index in [0.717, 1.165) is 0 Å². The fraction of sp³-hybridized carbons (Fsp3) is 0.800. The fourth-order valence-electron chi connectivity index (χ4n) is 0.876. The predicted molar refractivity (Wildman–Crippen MR) is 67.9 cm³/mol. The SMILES string of the molecule is CCOC(=O)C(Cl)C[Se]CC(Cl)C(=O)OCC. The van der Waals surface area contributed by atoms with E-state index in [1.54, 1.807) is 13.8 Å². The van der Waals surface area contributed by atoms with Gasteiger partial charge in [0.15, 0.2) is 0 Å². The molecular formula is C10H16Cl2O4Se. The summed E-state index contributed by atoms with van der Waals surface area (Å²) < 4.78 is 9.52. The third-order valence-corrected chi connectivity index (χ3v) is 5.50. The van der Waals surface area contributed by atoms with Crippen LogP contribution < -0.4 is 0 Å². The molecule has 0 aromatic heterocycles. The van der Waals surface area contributed by atoms with Gasteiger partial charge >= 0.3 is 118 Å². The van der Waals surface area contributed by atoms with Gasteiger partial charge in [0.2, 0.25) is 0 Å². The Morgan fingerprint density at radius 2 is 1.35 bits per heavy atom. The van der Waals surface area contributed by atoms with Crippen molar-refractivity contribution in [2.45, 2.75) is 35.2 Å². The van der Waals surface area contributed by atoms with Crippen molar-refractivity contribution in [3.63, 3.8) is 0 Å². The number of hydrogen-bond acceptors (Lipinski definition) is 4. The second-order valence-corrected chi connectivity index (χ2v) is 6.29. The molecule has 17 heavy (non-hydrogen) atoms. The zero-order valence-electron chi connectivity index (χ0n) is 9.78. The molecule has 0 amide bonds. The average Bonchev–Trinajstić information content (AvgIpc) is 2.29. The van der Waals surface area contributed by atoms with Gasteiger partial charge in [-0.2, -0.15) is 0 Å². The second-order valence-electron chi connectivity index (χ2n) is 2.98. The first-order valence-electron chi connectivity index (χ1n) is 5.22. The molecule has 0 rings (SSSR count). The fourth-order valence-corrected chi connectivity index (χ4v) is 3.65. The van der Waals surface area contributed by atoms with Crippen LogP contribution in [0.4, 0.5) is 0 Å². The first-order chi connectivity index (χ1) is 8.02. The minimum absolute atomic E-state index is 0.0123. The third-order valence-electron chi connectivity index (χ3n) is 1.61. The molecular weight excluding hydrogens is 334 g/mol. The monoisotopic (exact) mass is 350 g/mol. The van der Waals surface area contributed by atoms with Crippen LogP contribution in [0.15, 0.2) is 0 Å². The van der Waals surface area contributed by atoms with Crippen LogP contribution in [0.3, 0.4) is 0 Å². The maximum absolute atomic E-state index is 11.2. The predicted octanol–water partition coefficient (Wildman–Crippen LogP) is 1.87. The summed E-state index contributed by atoms with van der Waals surface area (Å²) >= 11 is 11.6. The van der Waals surface area contributed by atoms with E-state index in [4.69, 9.17) is 32.7 Å². The zero-order chi connectivity index (χ0) is 13.3. The maximum atomic E-state index is 11.2. The van der Waals surface area contributed by atoms with Crippen LogP contribution in [0, 0.1) is 0 Å². The number of halogens is 2. The number of alkyl halides is 2. The number of esters is 2. The first-order valence-corrected chi connectivity index (χ1v) is 8.51. The molecule has 4 nitrogen and oxygen atoms in total. The molecule has 2 unspecified atom stereocenters. The molecule has 0 spiro atoms. The van der Waals surface area contributed by atoms with E-state index < -0.39 is 22.7 Å². The number of carbonyl (C=O) groups excluding carboxylic acids is 2. The van der Waals surface area contributed by atoms with Gasteiger partial charge in [-0.15, -0.1) is 0 Å². The topological polar surface area (TPSA) is 52.6 Å². The molecule has 0 saturated heterocycles. The van der Waals surface area contributed by atoms with Crippen molar-refractivity contribution < 1.29 is 19.1 Å². The second kappa shape index (κ2) is 10.0. The summed E-state index contributed by atoms with van der Waals surface area (Å²) in [6, 6.07) is 0. The van der Waals surface area contributed by atoms with Crippen molar-refractivity contribution in [1.82, 2.24) is 0 Å². The molecule has 0 aromatic carbocycles. The summed E-state index contributed by atoms with van der Waals surface area (Å²) in [5, 5.41) is -0.312. The van der Waals surface area contributed by atoms with E-state index in [2.05, 4.69) is 0 Å². The minimum atomic E-state index is -0.652. The molecule has 0 aliphatic heterocycles. The summed E-state index contributed by atoms with van der Waals surface area (Å²) in [6.07, 6.45) is 0. The van der Waals surface area contributed by atoms with Crippen LogP contribution in [0.1, 0.15) is 13.8 Å². The quantitative estimate of drug-likeness (QED) is 0.381. The zero-order valence-corrected chi connectivity index (χ0v) is 13.0. The van der Waals surface area contributed by atoms with Crippen LogP contribution in [-0.2, 0) is 19.1 Å². The van der Waals surface area contributed by atoms with Crippen LogP contribution in [0.5, 0.6) is 0 Å². The van der Waals surface area contributed by atoms with Crippen LogP contribution in [0.25, 0.3) is 0 Å². The molecule has 0 aliphatic rings. The van der Waals surface area contributed by atoms with E-state index in [1.807, 2.05) is 0 Å². The average molecular weight is 350 g/mol. The molecule has 100 valence electrons. The summed E-state index contributed by atoms with van der Waals surface area (Å²) in [5.74, 6) is -0.836. The summed E-state index contributed by atoms with van der Waals surface area (Å²) in [4.78, 5) is 22.4. The van der Waals surface area contributed by atoms with Gasteiger partial charge in [-0.1, -0.05) is 0 Å². The van der Waals surface area contributed by atoms with E-state index in [-0.39, 0.29) is 15.0 Å². The third kappa shape index (κ3) is 7.87. The normalized spacial score (nSPS) is 13.9. The molecule has 2 atom stereocenters. The van der Waals surface area contributed by atoms with Crippen LogP contribution >= 0.6 is 23.2 Å². The van der Waals surface area contributed by atoms with Crippen LogP contribution in [0.2, 0.25) is 10.6 Å². The first kappa shape index (κ1) is 17.0. The van der Waals surface area contributed by atoms with Gasteiger partial charge < -0.3 is 0 Å². The van der Waals surface area contributed by atoms with Gasteiger partial charge in [0, 0.05) is 0 Å². The Hall–Kier alpha value is 0.0395. The van der Waals surface area contributed by atoms with Crippen molar-refractivity contribution >= 4 is 50.1 Å². The Kier molecular flexibility index (Phi) is 10.0. The van der Waals surface area contributed by atoms with Gasteiger partial charge in [0.25, 0.3) is 0 Å². The van der Waals surface area contributed by atoms with Gasteiger partial charge in [-0.3, -0.25) is 0 Å². The number of carbonyl (C=O) groups is 2. The summed E-state index contributed by atoms with van der Waals surface area (Å²) in [5.41, 5.74) is 0. The van der Waals surface area contributed by atoms with E-state index in [0.29, 0.717) is 23.9 Å². The van der Waals surface area contributed by atoms with E-state index in [1.165, 1.54) is 0 Å². The summed E-state index contributed by atoms with van der Waals surface area (Å²) in [6.45, 7) is 4.08. The van der Waals surface area contributed by atoms with Gasteiger partial charge in [0.1, 0.15) is 0 Å². The molecule has 0 saturated carbocycles. The molecule has 0 bridgehead atoms. The van der Waals surface area contributed by atoms with Gasteiger partial charge in [-0.05, 0) is 0 Å². The van der Waals surface area contributed by atoms with Crippen molar-refractivity contribution in [3.8, 4) is 0 Å². The Morgan fingerprint density at radius 3 is 1.65 bits per heavy atom. The van der Waals surface area contributed by atoms with Crippen LogP contribution in [-0.4, -0.2) is 50.9 Å². The Bertz CT molecular complexity index is 226. The van der Waals surface area contributed by atoms with E-state index >= 15 is 0 Å². The van der Waals surface area contributed by atoms with Crippen molar-refractivity contribution in [2.75, 3.05) is 13.2 Å². The molecule has 0 fully saturated rings. The van der Waals surface area contributed by atoms with Crippen molar-refractivity contribution in [2.24, 2.45) is 0 Å². The molecule has 0 aliphatic carbocycles. The van der Waals surface area contributed by atoms with Gasteiger partial charge in [0.05, 0.1) is 0 Å². The van der Waals surface area contributed by atoms with Gasteiger partial charge in [-0.25, -0.2) is 0 Å². The summed E-state index contributed by atoms with van der Waals surface area (Å²) in [7, 11) is 0. The number of rotatable bonds is 8. The Balaban J connectivity index is 3.75. The van der Waals surface area contributed by atoms with Crippen molar-refractivity contribution in [3.05, 3.63) is 0 Å². The number of ether oxygens (including phenoxy) is 2. The molecule has 7 heteroatoms.